The lowest BCUT2D eigenvalue weighted by atomic mass is 9.78. The molecular formula is C19H32N2. The third-order valence-electron chi connectivity index (χ3n) is 5.54. The lowest BCUT2D eigenvalue weighted by molar-refractivity contribution is 0.0835. The van der Waals surface area contributed by atoms with Crippen molar-refractivity contribution in [1.82, 2.24) is 10.2 Å². The Balaban J connectivity index is 2.25. The molecule has 0 heterocycles. The van der Waals surface area contributed by atoms with Gasteiger partial charge in [-0.05, 0) is 58.5 Å². The van der Waals surface area contributed by atoms with E-state index in [9.17, 15) is 0 Å². The molecule has 1 unspecified atom stereocenters. The van der Waals surface area contributed by atoms with Gasteiger partial charge in [0, 0.05) is 11.6 Å². The Morgan fingerprint density at radius 1 is 1.10 bits per heavy atom. The van der Waals surface area contributed by atoms with Crippen LogP contribution in [0.15, 0.2) is 24.3 Å². The molecule has 0 amide bonds. The quantitative estimate of drug-likeness (QED) is 0.830. The maximum Gasteiger partial charge on any atom is 0.0359 e. The lowest BCUT2D eigenvalue weighted by Gasteiger charge is -2.46. The van der Waals surface area contributed by atoms with E-state index in [0.717, 1.165) is 6.42 Å². The van der Waals surface area contributed by atoms with Gasteiger partial charge in [-0.3, -0.25) is 0 Å². The Hall–Kier alpha value is -0.860. The van der Waals surface area contributed by atoms with Crippen molar-refractivity contribution >= 4 is 0 Å². The molecule has 118 valence electrons. The third kappa shape index (κ3) is 3.67. The van der Waals surface area contributed by atoms with Gasteiger partial charge in [0.15, 0.2) is 0 Å². The van der Waals surface area contributed by atoms with Crippen molar-refractivity contribution in [2.75, 3.05) is 21.1 Å². The smallest absolute Gasteiger partial charge is 0.0359 e. The van der Waals surface area contributed by atoms with Crippen molar-refractivity contribution in [2.45, 2.75) is 63.5 Å². The first-order valence-electron chi connectivity index (χ1n) is 8.49. The van der Waals surface area contributed by atoms with Gasteiger partial charge in [-0.15, -0.1) is 0 Å². The number of hydrogen-bond donors (Lipinski definition) is 1. The topological polar surface area (TPSA) is 15.3 Å². The molecule has 2 nitrogen and oxygen atoms in total. The fourth-order valence-corrected chi connectivity index (χ4v) is 4.07. The SMILES string of the molecule is CNC(Cc1ccccc1C)C1(N(C)C)CCCCCC1. The molecule has 0 spiro atoms. The van der Waals surface area contributed by atoms with Gasteiger partial charge < -0.3 is 10.2 Å². The van der Waals surface area contributed by atoms with Gasteiger partial charge in [0.2, 0.25) is 0 Å². The third-order valence-corrected chi connectivity index (χ3v) is 5.54. The van der Waals surface area contributed by atoms with Gasteiger partial charge in [0.25, 0.3) is 0 Å². The molecule has 1 N–H and O–H groups in total. The summed E-state index contributed by atoms with van der Waals surface area (Å²) >= 11 is 0. The molecule has 0 aliphatic heterocycles. The molecule has 0 radical (unpaired) electrons. The minimum absolute atomic E-state index is 0.299. The number of nitrogens with zero attached hydrogens (tertiary/aromatic N) is 1. The van der Waals surface area contributed by atoms with Crippen LogP contribution in [0.1, 0.15) is 49.7 Å². The van der Waals surface area contributed by atoms with E-state index in [2.05, 4.69) is 62.5 Å². The van der Waals surface area contributed by atoms with Crippen molar-refractivity contribution in [3.8, 4) is 0 Å². The Labute approximate surface area is 130 Å². The number of aryl methyl sites for hydroxylation is 1. The Bertz CT molecular complexity index is 431. The summed E-state index contributed by atoms with van der Waals surface area (Å²) in [6, 6.07) is 9.36. The van der Waals surface area contributed by atoms with Gasteiger partial charge in [0.1, 0.15) is 0 Å². The number of nitrogens with one attached hydrogen (secondary N) is 1. The molecule has 1 saturated carbocycles. The largest absolute Gasteiger partial charge is 0.315 e. The van der Waals surface area contributed by atoms with Crippen LogP contribution in [-0.4, -0.2) is 37.6 Å². The van der Waals surface area contributed by atoms with Crippen LogP contribution in [0.3, 0.4) is 0 Å². The number of hydrogen-bond acceptors (Lipinski definition) is 2. The van der Waals surface area contributed by atoms with E-state index in [1.54, 1.807) is 0 Å². The molecule has 0 saturated heterocycles. The zero-order valence-corrected chi connectivity index (χ0v) is 14.3. The monoisotopic (exact) mass is 288 g/mol. The van der Waals surface area contributed by atoms with Crippen LogP contribution >= 0.6 is 0 Å². The predicted molar refractivity (Wildman–Crippen MR) is 91.9 cm³/mol. The highest BCUT2D eigenvalue weighted by Gasteiger charge is 2.40. The van der Waals surface area contributed by atoms with E-state index >= 15 is 0 Å². The highest BCUT2D eigenvalue weighted by Crippen LogP contribution is 2.35. The first kappa shape index (κ1) is 16.5. The second-order valence-electron chi connectivity index (χ2n) is 6.88. The Kier molecular flexibility index (Phi) is 5.83. The van der Waals surface area contributed by atoms with Crippen LogP contribution in [0.5, 0.6) is 0 Å². The molecule has 1 aliphatic carbocycles. The number of rotatable bonds is 5. The second-order valence-corrected chi connectivity index (χ2v) is 6.88. The molecule has 0 aromatic heterocycles. The van der Waals surface area contributed by atoms with Gasteiger partial charge in [-0.1, -0.05) is 49.9 Å². The molecule has 1 aliphatic rings. The van der Waals surface area contributed by atoms with Crippen molar-refractivity contribution in [2.24, 2.45) is 0 Å². The van der Waals surface area contributed by atoms with Crippen LogP contribution in [0, 0.1) is 6.92 Å². The standard InChI is InChI=1S/C19H32N2/c1-16-11-7-8-12-17(16)15-18(20-2)19(21(3)4)13-9-5-6-10-14-19/h7-8,11-12,18,20H,5-6,9-10,13-15H2,1-4H3. The Morgan fingerprint density at radius 3 is 2.24 bits per heavy atom. The minimum atomic E-state index is 0.299. The lowest BCUT2D eigenvalue weighted by Crippen LogP contribution is -2.59. The van der Waals surface area contributed by atoms with Gasteiger partial charge in [-0.25, -0.2) is 0 Å². The summed E-state index contributed by atoms with van der Waals surface area (Å²) in [5, 5.41) is 3.66. The predicted octanol–water partition coefficient (Wildman–Crippen LogP) is 3.78. The van der Waals surface area contributed by atoms with Crippen molar-refractivity contribution in [3.63, 3.8) is 0 Å². The molecule has 0 bridgehead atoms. The summed E-state index contributed by atoms with van der Waals surface area (Å²) in [5.74, 6) is 0. The first-order valence-corrected chi connectivity index (χ1v) is 8.49. The van der Waals surface area contributed by atoms with Crippen LogP contribution < -0.4 is 5.32 Å². The molecule has 2 rings (SSSR count). The highest BCUT2D eigenvalue weighted by molar-refractivity contribution is 5.27. The zero-order chi connectivity index (χ0) is 15.3. The fraction of sp³-hybridized carbons (Fsp3) is 0.684. The molecule has 1 fully saturated rings. The van der Waals surface area contributed by atoms with Crippen molar-refractivity contribution < 1.29 is 0 Å². The van der Waals surface area contributed by atoms with E-state index in [1.807, 2.05) is 0 Å². The van der Waals surface area contributed by atoms with Crippen LogP contribution in [0.25, 0.3) is 0 Å². The second kappa shape index (κ2) is 7.42. The molecule has 2 heteroatoms. The van der Waals surface area contributed by atoms with E-state index in [-0.39, 0.29) is 0 Å². The Morgan fingerprint density at radius 2 is 1.71 bits per heavy atom. The van der Waals surface area contributed by atoms with E-state index in [4.69, 9.17) is 0 Å². The summed E-state index contributed by atoms with van der Waals surface area (Å²) in [7, 11) is 6.68. The molecule has 21 heavy (non-hydrogen) atoms. The average Bonchev–Trinajstić information content (AvgIpc) is 2.73. The summed E-state index contributed by atoms with van der Waals surface area (Å²) in [6.45, 7) is 2.23. The molecular weight excluding hydrogens is 256 g/mol. The molecule has 1 aromatic rings. The van der Waals surface area contributed by atoms with Gasteiger partial charge in [-0.2, -0.15) is 0 Å². The normalized spacial score (nSPS) is 20.2. The van der Waals surface area contributed by atoms with Crippen LogP contribution in [0.2, 0.25) is 0 Å². The number of benzene rings is 1. The zero-order valence-electron chi connectivity index (χ0n) is 14.3. The van der Waals surface area contributed by atoms with Crippen LogP contribution in [-0.2, 0) is 6.42 Å². The van der Waals surface area contributed by atoms with E-state index in [0.29, 0.717) is 11.6 Å². The van der Waals surface area contributed by atoms with E-state index < -0.39 is 0 Å². The van der Waals surface area contributed by atoms with Crippen LogP contribution in [0.4, 0.5) is 0 Å². The maximum atomic E-state index is 3.66. The van der Waals surface area contributed by atoms with Gasteiger partial charge >= 0.3 is 0 Å². The first-order chi connectivity index (χ1) is 10.1. The molecule has 1 atom stereocenters. The fourth-order valence-electron chi connectivity index (χ4n) is 4.07. The summed E-state index contributed by atoms with van der Waals surface area (Å²) in [4.78, 5) is 2.50. The van der Waals surface area contributed by atoms with E-state index in [1.165, 1.54) is 49.7 Å². The number of likely N-dealkylation sites (N-methyl/N-ethyl adjacent to an activating group) is 2. The van der Waals surface area contributed by atoms with Gasteiger partial charge in [0.05, 0.1) is 0 Å². The van der Waals surface area contributed by atoms with Crippen molar-refractivity contribution in [1.29, 1.82) is 0 Å². The minimum Gasteiger partial charge on any atom is -0.315 e. The summed E-state index contributed by atoms with van der Waals surface area (Å²) < 4.78 is 0. The highest BCUT2D eigenvalue weighted by atomic mass is 15.2. The summed E-state index contributed by atoms with van der Waals surface area (Å²) in [6.07, 6.45) is 9.29. The van der Waals surface area contributed by atoms with Crippen molar-refractivity contribution in [3.05, 3.63) is 35.4 Å². The average molecular weight is 288 g/mol. The molecule has 1 aromatic carbocycles. The maximum absolute atomic E-state index is 3.66. The summed E-state index contributed by atoms with van der Waals surface area (Å²) in [5.41, 5.74) is 3.20.